The number of methoxy groups -OCH3 is 1. The van der Waals surface area contributed by atoms with E-state index >= 15 is 0 Å². The molecule has 35 heavy (non-hydrogen) atoms. The fraction of sp³-hybridized carbons (Fsp3) is 0.609. The summed E-state index contributed by atoms with van der Waals surface area (Å²) >= 11 is 0. The summed E-state index contributed by atoms with van der Waals surface area (Å²) in [6, 6.07) is 3.13. The molecule has 2 aliphatic rings. The van der Waals surface area contributed by atoms with Gasteiger partial charge in [0.2, 0.25) is 23.6 Å². The first-order valence-corrected chi connectivity index (χ1v) is 12.3. The fourth-order valence-corrected chi connectivity index (χ4v) is 4.98. The molecule has 0 unspecified atom stereocenters. The van der Waals surface area contributed by atoms with Gasteiger partial charge in [-0.1, -0.05) is 19.3 Å². The highest BCUT2D eigenvalue weighted by Crippen LogP contribution is 2.29. The van der Waals surface area contributed by atoms with Gasteiger partial charge in [0.15, 0.2) is 5.76 Å². The number of rotatable bonds is 8. The smallest absolute Gasteiger partial charge is 0.259 e. The van der Waals surface area contributed by atoms with E-state index in [2.05, 4.69) is 30.3 Å². The molecular weight excluding hydrogens is 450 g/mol. The molecule has 0 radical (unpaired) electrons. The second-order valence-electron chi connectivity index (χ2n) is 9.21. The zero-order valence-corrected chi connectivity index (χ0v) is 20.1. The maximum absolute atomic E-state index is 13.7. The minimum Gasteiger partial charge on any atom is -0.461 e. The van der Waals surface area contributed by atoms with E-state index in [9.17, 15) is 4.79 Å². The predicted molar refractivity (Wildman–Crippen MR) is 130 cm³/mol. The van der Waals surface area contributed by atoms with Crippen LogP contribution in [0.1, 0.15) is 32.1 Å². The number of carbonyl (C=O) groups is 1. The summed E-state index contributed by atoms with van der Waals surface area (Å²) in [5.41, 5.74) is 6.18. The lowest BCUT2D eigenvalue weighted by Gasteiger charge is -2.38. The van der Waals surface area contributed by atoms with Crippen molar-refractivity contribution in [2.75, 3.05) is 57.5 Å². The Morgan fingerprint density at radius 2 is 2.00 bits per heavy atom. The predicted octanol–water partition coefficient (Wildman–Crippen LogP) is 1.51. The molecule has 1 saturated heterocycles. The molecular formula is C23H33N9O3. The average molecular weight is 484 g/mol. The van der Waals surface area contributed by atoms with Crippen molar-refractivity contribution in [3.63, 3.8) is 0 Å². The van der Waals surface area contributed by atoms with Gasteiger partial charge in [0.1, 0.15) is 6.04 Å². The highest BCUT2D eigenvalue weighted by atomic mass is 16.5. The monoisotopic (exact) mass is 483 g/mol. The number of furan rings is 1. The standard InChI is InChI=1S/C23H33N9O3/c1-34-15-13-30-9-11-31(12-10-30)20(33)18(16-6-3-2-4-7-16)25-22-27-21(24)32-23(28-22)26-19(29-32)17-8-5-14-35-17/h5,8,14,16,18H,2-4,6-7,9-13,15H2,1H3,(H3,24,25,26,27,28,29)/t18-/m0/s1. The Balaban J connectivity index is 1.35. The van der Waals surface area contributed by atoms with Crippen LogP contribution in [-0.2, 0) is 9.53 Å². The Morgan fingerprint density at radius 1 is 1.20 bits per heavy atom. The van der Waals surface area contributed by atoms with E-state index in [0.717, 1.165) is 45.3 Å². The summed E-state index contributed by atoms with van der Waals surface area (Å²) in [5.74, 6) is 1.95. The van der Waals surface area contributed by atoms with Crippen molar-refractivity contribution in [3.05, 3.63) is 18.4 Å². The molecule has 0 aromatic carbocycles. The van der Waals surface area contributed by atoms with Crippen LogP contribution >= 0.6 is 0 Å². The molecule has 4 heterocycles. The zero-order valence-electron chi connectivity index (χ0n) is 20.1. The largest absolute Gasteiger partial charge is 0.461 e. The third-order valence-electron chi connectivity index (χ3n) is 6.94. The van der Waals surface area contributed by atoms with Gasteiger partial charge in [-0.05, 0) is 30.9 Å². The van der Waals surface area contributed by atoms with Gasteiger partial charge in [-0.25, -0.2) is 0 Å². The number of nitrogens with two attached hydrogens (primary N) is 1. The van der Waals surface area contributed by atoms with E-state index < -0.39 is 6.04 Å². The molecule has 1 aliphatic heterocycles. The topological polar surface area (TPSA) is 140 Å². The van der Waals surface area contributed by atoms with Gasteiger partial charge in [0, 0.05) is 39.8 Å². The van der Waals surface area contributed by atoms with Crippen LogP contribution in [0.25, 0.3) is 17.4 Å². The van der Waals surface area contributed by atoms with Crippen LogP contribution in [0.2, 0.25) is 0 Å². The maximum Gasteiger partial charge on any atom is 0.259 e. The Hall–Kier alpha value is -3.25. The molecule has 3 N–H and O–H groups in total. The number of nitrogen functional groups attached to an aromatic ring is 1. The van der Waals surface area contributed by atoms with Gasteiger partial charge in [-0.2, -0.15) is 19.5 Å². The van der Waals surface area contributed by atoms with Crippen LogP contribution in [0.5, 0.6) is 0 Å². The first-order valence-electron chi connectivity index (χ1n) is 12.3. The average Bonchev–Trinajstić information content (AvgIpc) is 3.57. The van der Waals surface area contributed by atoms with E-state index in [0.29, 0.717) is 37.1 Å². The van der Waals surface area contributed by atoms with E-state index in [1.807, 2.05) is 4.90 Å². The minimum absolute atomic E-state index is 0.100. The SMILES string of the molecule is COCCN1CCN(C(=O)[C@@H](Nc2nc(N)n3nc(-c4ccco4)nc3n2)C2CCCCC2)CC1. The molecule has 12 nitrogen and oxygen atoms in total. The molecule has 1 aliphatic carbocycles. The maximum atomic E-state index is 13.7. The Bertz CT molecular complexity index is 1120. The fourth-order valence-electron chi connectivity index (χ4n) is 4.98. The number of carbonyl (C=O) groups excluding carboxylic acids is 1. The van der Waals surface area contributed by atoms with Crippen LogP contribution in [0.4, 0.5) is 11.9 Å². The second-order valence-corrected chi connectivity index (χ2v) is 9.21. The van der Waals surface area contributed by atoms with Crippen LogP contribution in [0, 0.1) is 5.92 Å². The van der Waals surface area contributed by atoms with Crippen molar-refractivity contribution in [1.29, 1.82) is 0 Å². The summed E-state index contributed by atoms with van der Waals surface area (Å²) in [6.07, 6.45) is 7.02. The number of amides is 1. The molecule has 188 valence electrons. The molecule has 3 aromatic rings. The number of aromatic nitrogens is 5. The third-order valence-corrected chi connectivity index (χ3v) is 6.94. The third kappa shape index (κ3) is 5.22. The number of nitrogens with one attached hydrogen (secondary N) is 1. The van der Waals surface area contributed by atoms with Gasteiger partial charge in [0.25, 0.3) is 5.78 Å². The molecule has 1 amide bonds. The van der Waals surface area contributed by atoms with Crippen molar-refractivity contribution in [2.45, 2.75) is 38.1 Å². The summed E-state index contributed by atoms with van der Waals surface area (Å²) < 4.78 is 12.0. The number of fused-ring (bicyclic) bond motifs is 1. The lowest BCUT2D eigenvalue weighted by Crippen LogP contribution is -2.55. The lowest BCUT2D eigenvalue weighted by atomic mass is 9.83. The summed E-state index contributed by atoms with van der Waals surface area (Å²) in [7, 11) is 1.71. The zero-order chi connectivity index (χ0) is 24.2. The molecule has 5 rings (SSSR count). The van der Waals surface area contributed by atoms with Crippen LogP contribution < -0.4 is 11.1 Å². The van der Waals surface area contributed by atoms with Gasteiger partial charge >= 0.3 is 0 Å². The number of nitrogens with zero attached hydrogens (tertiary/aromatic N) is 7. The quantitative estimate of drug-likeness (QED) is 0.484. The first kappa shape index (κ1) is 23.5. The summed E-state index contributed by atoms with van der Waals surface area (Å²) in [6.45, 7) is 4.67. The Kier molecular flexibility index (Phi) is 7.09. The lowest BCUT2D eigenvalue weighted by molar-refractivity contribution is -0.135. The molecule has 1 saturated carbocycles. The normalized spacial score (nSPS) is 18.7. The van der Waals surface area contributed by atoms with Crippen LogP contribution in [0.3, 0.4) is 0 Å². The van der Waals surface area contributed by atoms with Gasteiger partial charge in [0.05, 0.1) is 12.9 Å². The molecule has 0 bridgehead atoms. The van der Waals surface area contributed by atoms with Gasteiger partial charge in [-0.15, -0.1) is 5.10 Å². The van der Waals surface area contributed by atoms with Crippen molar-refractivity contribution >= 4 is 23.6 Å². The Labute approximate surface area is 203 Å². The van der Waals surface area contributed by atoms with Gasteiger partial charge in [-0.3, -0.25) is 9.69 Å². The van der Waals surface area contributed by atoms with Crippen molar-refractivity contribution in [2.24, 2.45) is 5.92 Å². The van der Waals surface area contributed by atoms with Crippen LogP contribution in [-0.4, -0.2) is 92.8 Å². The molecule has 2 fully saturated rings. The number of piperazine rings is 1. The van der Waals surface area contributed by atoms with E-state index in [1.54, 1.807) is 25.5 Å². The number of anilines is 2. The molecule has 3 aromatic heterocycles. The van der Waals surface area contributed by atoms with Crippen molar-refractivity contribution in [1.82, 2.24) is 34.4 Å². The summed E-state index contributed by atoms with van der Waals surface area (Å²) in [5, 5.41) is 7.68. The Morgan fingerprint density at radius 3 is 2.71 bits per heavy atom. The van der Waals surface area contributed by atoms with Crippen molar-refractivity contribution in [3.8, 4) is 11.6 Å². The molecule has 1 atom stereocenters. The first-order chi connectivity index (χ1) is 17.1. The summed E-state index contributed by atoms with van der Waals surface area (Å²) in [4.78, 5) is 31.4. The highest BCUT2D eigenvalue weighted by Gasteiger charge is 2.34. The number of hydrogen-bond acceptors (Lipinski definition) is 10. The van der Waals surface area contributed by atoms with E-state index in [4.69, 9.17) is 14.9 Å². The van der Waals surface area contributed by atoms with Crippen LogP contribution in [0.15, 0.2) is 22.8 Å². The minimum atomic E-state index is -0.407. The van der Waals surface area contributed by atoms with Gasteiger partial charge < -0.3 is 25.1 Å². The van der Waals surface area contributed by atoms with E-state index in [1.165, 1.54) is 10.9 Å². The number of ether oxygens (including phenoxy) is 1. The highest BCUT2D eigenvalue weighted by molar-refractivity contribution is 5.85. The van der Waals surface area contributed by atoms with Crippen molar-refractivity contribution < 1.29 is 13.9 Å². The number of hydrogen-bond donors (Lipinski definition) is 2. The van der Waals surface area contributed by atoms with E-state index in [-0.39, 0.29) is 23.7 Å². The molecule has 12 heteroatoms. The molecule has 0 spiro atoms. The second kappa shape index (κ2) is 10.6.